The lowest BCUT2D eigenvalue weighted by atomic mass is 10.1. The number of nitrogens with one attached hydrogen (secondary N) is 1. The van der Waals surface area contributed by atoms with E-state index in [-0.39, 0.29) is 5.91 Å². The molecule has 2 N–H and O–H groups in total. The summed E-state index contributed by atoms with van der Waals surface area (Å²) in [5, 5.41) is 12.2. The molecule has 1 heterocycles. The monoisotopic (exact) mass is 214 g/mol. The van der Waals surface area contributed by atoms with E-state index in [9.17, 15) is 9.90 Å². The normalized spacial score (nSPS) is 20.3. The molecule has 1 aliphatic rings. The van der Waals surface area contributed by atoms with E-state index in [1.807, 2.05) is 0 Å². The highest BCUT2D eigenvalue weighted by molar-refractivity contribution is 5.83. The molecule has 0 spiro atoms. The molecule has 1 atom stereocenters. The van der Waals surface area contributed by atoms with Crippen molar-refractivity contribution in [3.8, 4) is 0 Å². The molecular formula is C11H22N2O2. The summed E-state index contributed by atoms with van der Waals surface area (Å²) in [6.07, 6.45) is 2.51. The minimum Gasteiger partial charge on any atom is -0.381 e. The third-order valence-corrected chi connectivity index (χ3v) is 2.88. The molecule has 1 unspecified atom stereocenters. The van der Waals surface area contributed by atoms with Crippen molar-refractivity contribution in [3.05, 3.63) is 0 Å². The number of aliphatic hydroxyl groups is 1. The molecule has 1 saturated heterocycles. The van der Waals surface area contributed by atoms with Crippen LogP contribution in [-0.2, 0) is 4.79 Å². The van der Waals surface area contributed by atoms with Crippen molar-refractivity contribution in [1.29, 1.82) is 0 Å². The molecule has 0 aromatic heterocycles. The van der Waals surface area contributed by atoms with Gasteiger partial charge < -0.3 is 10.4 Å². The van der Waals surface area contributed by atoms with E-state index in [0.29, 0.717) is 12.6 Å². The Bertz CT molecular complexity index is 217. The van der Waals surface area contributed by atoms with Crippen molar-refractivity contribution in [1.82, 2.24) is 10.2 Å². The first-order chi connectivity index (χ1) is 6.91. The summed E-state index contributed by atoms with van der Waals surface area (Å²) in [6.45, 7) is 7.98. The molecular weight excluding hydrogens is 192 g/mol. The third-order valence-electron chi connectivity index (χ3n) is 2.88. The predicted molar refractivity (Wildman–Crippen MR) is 59.6 cm³/mol. The first-order valence-electron chi connectivity index (χ1n) is 5.66. The van der Waals surface area contributed by atoms with Crippen molar-refractivity contribution < 1.29 is 9.90 Å². The molecule has 0 bridgehead atoms. The first-order valence-corrected chi connectivity index (χ1v) is 5.66. The van der Waals surface area contributed by atoms with E-state index in [0.717, 1.165) is 13.1 Å². The van der Waals surface area contributed by atoms with Crippen LogP contribution in [0.3, 0.4) is 0 Å². The molecule has 0 radical (unpaired) electrons. The molecule has 4 heteroatoms. The highest BCUT2D eigenvalue weighted by Gasteiger charge is 2.25. The molecule has 88 valence electrons. The SMILES string of the molecule is CC(CNC(=O)C(C)(C)O)N1CCCC1. The summed E-state index contributed by atoms with van der Waals surface area (Å²) < 4.78 is 0. The van der Waals surface area contributed by atoms with E-state index in [1.165, 1.54) is 26.7 Å². The van der Waals surface area contributed by atoms with Crippen molar-refractivity contribution >= 4 is 5.91 Å². The van der Waals surface area contributed by atoms with Crippen LogP contribution in [0, 0.1) is 0 Å². The maximum Gasteiger partial charge on any atom is 0.251 e. The standard InChI is InChI=1S/C11H22N2O2/c1-9(13-6-4-5-7-13)8-12-10(14)11(2,3)15/h9,15H,4-8H2,1-3H3,(H,12,14). The molecule has 0 saturated carbocycles. The highest BCUT2D eigenvalue weighted by atomic mass is 16.3. The van der Waals surface area contributed by atoms with Gasteiger partial charge >= 0.3 is 0 Å². The zero-order chi connectivity index (χ0) is 11.5. The van der Waals surface area contributed by atoms with Gasteiger partial charge in [-0.15, -0.1) is 0 Å². The molecule has 0 aromatic rings. The van der Waals surface area contributed by atoms with Gasteiger partial charge in [0.2, 0.25) is 0 Å². The topological polar surface area (TPSA) is 52.6 Å². The summed E-state index contributed by atoms with van der Waals surface area (Å²) in [5.41, 5.74) is -1.27. The van der Waals surface area contributed by atoms with Gasteiger partial charge in [0, 0.05) is 12.6 Å². The number of carbonyl (C=O) groups is 1. The van der Waals surface area contributed by atoms with Gasteiger partial charge in [0.15, 0.2) is 0 Å². The number of likely N-dealkylation sites (tertiary alicyclic amines) is 1. The van der Waals surface area contributed by atoms with Crippen LogP contribution in [0.2, 0.25) is 0 Å². The lowest BCUT2D eigenvalue weighted by Crippen LogP contribution is -2.47. The third kappa shape index (κ3) is 3.80. The van der Waals surface area contributed by atoms with Gasteiger partial charge in [-0.3, -0.25) is 9.69 Å². The Morgan fingerprint density at radius 2 is 2.00 bits per heavy atom. The van der Waals surface area contributed by atoms with E-state index in [1.54, 1.807) is 0 Å². The van der Waals surface area contributed by atoms with Crippen LogP contribution < -0.4 is 5.32 Å². The fourth-order valence-electron chi connectivity index (χ4n) is 1.77. The van der Waals surface area contributed by atoms with Gasteiger partial charge in [-0.1, -0.05) is 0 Å². The predicted octanol–water partition coefficient (Wildman–Crippen LogP) is 0.358. The maximum absolute atomic E-state index is 11.4. The van der Waals surface area contributed by atoms with Crippen molar-refractivity contribution in [2.75, 3.05) is 19.6 Å². The largest absolute Gasteiger partial charge is 0.381 e. The van der Waals surface area contributed by atoms with Crippen LogP contribution in [0.15, 0.2) is 0 Å². The van der Waals surface area contributed by atoms with E-state index in [2.05, 4.69) is 17.1 Å². The van der Waals surface area contributed by atoms with Crippen LogP contribution in [0.1, 0.15) is 33.6 Å². The van der Waals surface area contributed by atoms with Crippen LogP contribution >= 0.6 is 0 Å². The average Bonchev–Trinajstić information content (AvgIpc) is 2.64. The van der Waals surface area contributed by atoms with Crippen molar-refractivity contribution in [3.63, 3.8) is 0 Å². The van der Waals surface area contributed by atoms with E-state index >= 15 is 0 Å². The molecule has 0 aliphatic carbocycles. The van der Waals surface area contributed by atoms with Gasteiger partial charge in [0.05, 0.1) is 0 Å². The number of carbonyl (C=O) groups excluding carboxylic acids is 1. The van der Waals surface area contributed by atoms with Gasteiger partial charge in [-0.2, -0.15) is 0 Å². The second-order valence-corrected chi connectivity index (χ2v) is 4.86. The Kier molecular flexibility index (Phi) is 4.11. The maximum atomic E-state index is 11.4. The fraction of sp³-hybridized carbons (Fsp3) is 0.909. The highest BCUT2D eigenvalue weighted by Crippen LogP contribution is 2.11. The quantitative estimate of drug-likeness (QED) is 0.710. The van der Waals surface area contributed by atoms with E-state index < -0.39 is 5.60 Å². The molecule has 1 amide bonds. The number of nitrogens with zero attached hydrogens (tertiary/aromatic N) is 1. The van der Waals surface area contributed by atoms with Gasteiger partial charge in [-0.25, -0.2) is 0 Å². The van der Waals surface area contributed by atoms with Crippen LogP contribution in [0.4, 0.5) is 0 Å². The Labute approximate surface area is 91.6 Å². The smallest absolute Gasteiger partial charge is 0.251 e. The van der Waals surface area contributed by atoms with E-state index in [4.69, 9.17) is 0 Å². The lowest BCUT2D eigenvalue weighted by molar-refractivity contribution is -0.136. The summed E-state index contributed by atoms with van der Waals surface area (Å²) in [4.78, 5) is 13.8. The summed E-state index contributed by atoms with van der Waals surface area (Å²) in [7, 11) is 0. The van der Waals surface area contributed by atoms with Crippen LogP contribution in [0.25, 0.3) is 0 Å². The zero-order valence-corrected chi connectivity index (χ0v) is 9.92. The van der Waals surface area contributed by atoms with Crippen LogP contribution in [-0.4, -0.2) is 47.2 Å². The van der Waals surface area contributed by atoms with Crippen molar-refractivity contribution in [2.24, 2.45) is 0 Å². The van der Waals surface area contributed by atoms with Gasteiger partial charge in [0.25, 0.3) is 5.91 Å². The molecule has 1 aliphatic heterocycles. The van der Waals surface area contributed by atoms with Gasteiger partial charge in [0.1, 0.15) is 5.60 Å². The van der Waals surface area contributed by atoms with Crippen molar-refractivity contribution in [2.45, 2.75) is 45.3 Å². The number of hydrogen-bond acceptors (Lipinski definition) is 3. The second-order valence-electron chi connectivity index (χ2n) is 4.86. The lowest BCUT2D eigenvalue weighted by Gasteiger charge is -2.25. The molecule has 15 heavy (non-hydrogen) atoms. The number of rotatable bonds is 4. The minimum absolute atomic E-state index is 0.298. The Morgan fingerprint density at radius 1 is 1.47 bits per heavy atom. The fourth-order valence-corrected chi connectivity index (χ4v) is 1.77. The molecule has 1 rings (SSSR count). The summed E-state index contributed by atoms with van der Waals surface area (Å²) in [6, 6.07) is 0.360. The Balaban J connectivity index is 2.27. The number of hydrogen-bond donors (Lipinski definition) is 2. The molecule has 4 nitrogen and oxygen atoms in total. The van der Waals surface area contributed by atoms with Gasteiger partial charge in [-0.05, 0) is 46.7 Å². The number of amides is 1. The Hall–Kier alpha value is -0.610. The first kappa shape index (κ1) is 12.5. The summed E-state index contributed by atoms with van der Waals surface area (Å²) in [5.74, 6) is -0.298. The minimum atomic E-state index is -1.27. The molecule has 1 fully saturated rings. The summed E-state index contributed by atoms with van der Waals surface area (Å²) >= 11 is 0. The zero-order valence-electron chi connectivity index (χ0n) is 9.92. The second kappa shape index (κ2) is 4.94. The van der Waals surface area contributed by atoms with Crippen LogP contribution in [0.5, 0.6) is 0 Å². The molecule has 0 aromatic carbocycles. The average molecular weight is 214 g/mol. The Morgan fingerprint density at radius 3 is 2.47 bits per heavy atom.